The molecular weight excluding hydrogens is 216 g/mol. The van der Waals surface area contributed by atoms with E-state index < -0.39 is 0 Å². The van der Waals surface area contributed by atoms with Crippen LogP contribution >= 0.6 is 0 Å². The second-order valence-corrected chi connectivity index (χ2v) is 6.28. The molecule has 17 heavy (non-hydrogen) atoms. The van der Waals surface area contributed by atoms with Gasteiger partial charge in [0.15, 0.2) is 0 Å². The predicted molar refractivity (Wildman–Crippen MR) is 67.8 cm³/mol. The SMILES string of the molecule is CCC(CC)(CC(C)(C)C)C(=O)OCC1CO1. The molecule has 1 heterocycles. The predicted octanol–water partition coefficient (Wildman–Crippen LogP) is 3.17. The van der Waals surface area contributed by atoms with Crippen molar-refractivity contribution in [2.24, 2.45) is 10.8 Å². The molecule has 0 N–H and O–H groups in total. The molecule has 0 aromatic rings. The van der Waals surface area contributed by atoms with E-state index in [-0.39, 0.29) is 22.9 Å². The number of rotatable bonds is 6. The lowest BCUT2D eigenvalue weighted by molar-refractivity contribution is -0.159. The maximum absolute atomic E-state index is 12.3. The third-order valence-electron chi connectivity index (χ3n) is 3.46. The molecule has 1 aliphatic rings. The van der Waals surface area contributed by atoms with Gasteiger partial charge < -0.3 is 9.47 Å². The molecule has 1 unspecified atom stereocenters. The highest BCUT2D eigenvalue weighted by molar-refractivity contribution is 5.76. The van der Waals surface area contributed by atoms with Crippen LogP contribution < -0.4 is 0 Å². The summed E-state index contributed by atoms with van der Waals surface area (Å²) < 4.78 is 10.5. The lowest BCUT2D eigenvalue weighted by Crippen LogP contribution is -2.36. The van der Waals surface area contributed by atoms with Crippen molar-refractivity contribution in [2.75, 3.05) is 13.2 Å². The molecule has 0 radical (unpaired) electrons. The van der Waals surface area contributed by atoms with Crippen LogP contribution in [0.2, 0.25) is 0 Å². The highest BCUT2D eigenvalue weighted by atomic mass is 16.6. The van der Waals surface area contributed by atoms with Crippen LogP contribution in [0.5, 0.6) is 0 Å². The molecule has 0 amide bonds. The average molecular weight is 242 g/mol. The van der Waals surface area contributed by atoms with Crippen molar-refractivity contribution >= 4 is 5.97 Å². The highest BCUT2D eigenvalue weighted by Crippen LogP contribution is 2.40. The Kier molecular flexibility index (Phi) is 4.59. The Hall–Kier alpha value is -0.570. The van der Waals surface area contributed by atoms with E-state index in [1.54, 1.807) is 0 Å². The summed E-state index contributed by atoms with van der Waals surface area (Å²) in [6, 6.07) is 0. The van der Waals surface area contributed by atoms with Gasteiger partial charge in [-0.05, 0) is 24.7 Å². The van der Waals surface area contributed by atoms with Gasteiger partial charge in [0.2, 0.25) is 0 Å². The number of esters is 1. The van der Waals surface area contributed by atoms with E-state index in [4.69, 9.17) is 9.47 Å². The lowest BCUT2D eigenvalue weighted by Gasteiger charge is -2.35. The Bertz CT molecular complexity index is 257. The van der Waals surface area contributed by atoms with Gasteiger partial charge in [-0.15, -0.1) is 0 Å². The van der Waals surface area contributed by atoms with Gasteiger partial charge in [-0.3, -0.25) is 4.79 Å². The third-order valence-corrected chi connectivity index (χ3v) is 3.46. The smallest absolute Gasteiger partial charge is 0.312 e. The van der Waals surface area contributed by atoms with Crippen LogP contribution in [0.4, 0.5) is 0 Å². The number of hydrogen-bond acceptors (Lipinski definition) is 3. The molecule has 0 bridgehead atoms. The van der Waals surface area contributed by atoms with Crippen molar-refractivity contribution in [3.63, 3.8) is 0 Å². The molecular formula is C14H26O3. The van der Waals surface area contributed by atoms with Gasteiger partial charge in [-0.1, -0.05) is 34.6 Å². The van der Waals surface area contributed by atoms with E-state index in [1.807, 2.05) is 0 Å². The van der Waals surface area contributed by atoms with Crippen molar-refractivity contribution in [1.82, 2.24) is 0 Å². The van der Waals surface area contributed by atoms with Crippen LogP contribution in [0.3, 0.4) is 0 Å². The van der Waals surface area contributed by atoms with Crippen LogP contribution in [-0.2, 0) is 14.3 Å². The van der Waals surface area contributed by atoms with E-state index in [0.29, 0.717) is 6.61 Å². The molecule has 3 heteroatoms. The van der Waals surface area contributed by atoms with Crippen LogP contribution in [0.25, 0.3) is 0 Å². The van der Waals surface area contributed by atoms with Crippen molar-refractivity contribution in [3.8, 4) is 0 Å². The van der Waals surface area contributed by atoms with Crippen LogP contribution in [0.1, 0.15) is 53.9 Å². The molecule has 0 aromatic heterocycles. The molecule has 100 valence electrons. The van der Waals surface area contributed by atoms with Crippen LogP contribution in [0.15, 0.2) is 0 Å². The average Bonchev–Trinajstić information content (AvgIpc) is 3.05. The van der Waals surface area contributed by atoms with Gasteiger partial charge in [-0.25, -0.2) is 0 Å². The number of hydrogen-bond donors (Lipinski definition) is 0. The Morgan fingerprint density at radius 3 is 2.18 bits per heavy atom. The monoisotopic (exact) mass is 242 g/mol. The zero-order chi connectivity index (χ0) is 13.1. The molecule has 3 nitrogen and oxygen atoms in total. The topological polar surface area (TPSA) is 38.8 Å². The van der Waals surface area contributed by atoms with Gasteiger partial charge in [0.1, 0.15) is 12.7 Å². The van der Waals surface area contributed by atoms with E-state index >= 15 is 0 Å². The number of ether oxygens (including phenoxy) is 2. The van der Waals surface area contributed by atoms with Crippen LogP contribution in [-0.4, -0.2) is 25.3 Å². The normalized spacial score (nSPS) is 20.2. The summed E-state index contributed by atoms with van der Waals surface area (Å²) in [7, 11) is 0. The van der Waals surface area contributed by atoms with Gasteiger partial charge in [0.25, 0.3) is 0 Å². The zero-order valence-corrected chi connectivity index (χ0v) is 11.8. The van der Waals surface area contributed by atoms with Crippen molar-refractivity contribution in [2.45, 2.75) is 60.0 Å². The van der Waals surface area contributed by atoms with E-state index in [2.05, 4.69) is 34.6 Å². The minimum Gasteiger partial charge on any atom is -0.462 e. The summed E-state index contributed by atoms with van der Waals surface area (Å²) >= 11 is 0. The lowest BCUT2D eigenvalue weighted by atomic mass is 9.70. The molecule has 0 aliphatic carbocycles. The number of carbonyl (C=O) groups excluding carboxylic acids is 1. The molecule has 0 aromatic carbocycles. The second-order valence-electron chi connectivity index (χ2n) is 6.28. The summed E-state index contributed by atoms with van der Waals surface area (Å²) in [4.78, 5) is 12.3. The molecule has 1 atom stereocenters. The number of carbonyl (C=O) groups is 1. The first-order valence-corrected chi connectivity index (χ1v) is 6.62. The van der Waals surface area contributed by atoms with Crippen molar-refractivity contribution < 1.29 is 14.3 Å². The fraction of sp³-hybridized carbons (Fsp3) is 0.929. The van der Waals surface area contributed by atoms with Gasteiger partial charge in [-0.2, -0.15) is 0 Å². The summed E-state index contributed by atoms with van der Waals surface area (Å²) in [5, 5.41) is 0. The Morgan fingerprint density at radius 2 is 1.82 bits per heavy atom. The molecule has 1 rings (SSSR count). The summed E-state index contributed by atoms with van der Waals surface area (Å²) in [5.41, 5.74) is -0.186. The van der Waals surface area contributed by atoms with Gasteiger partial charge >= 0.3 is 5.97 Å². The third kappa shape index (κ3) is 4.30. The van der Waals surface area contributed by atoms with Crippen molar-refractivity contribution in [1.29, 1.82) is 0 Å². The Morgan fingerprint density at radius 1 is 1.29 bits per heavy atom. The summed E-state index contributed by atoms with van der Waals surface area (Å²) in [5.74, 6) is -0.0482. The fourth-order valence-electron chi connectivity index (χ4n) is 2.36. The van der Waals surface area contributed by atoms with Gasteiger partial charge in [0.05, 0.1) is 12.0 Å². The van der Waals surface area contributed by atoms with Crippen molar-refractivity contribution in [3.05, 3.63) is 0 Å². The molecule has 1 saturated heterocycles. The largest absolute Gasteiger partial charge is 0.462 e. The summed E-state index contributed by atoms with van der Waals surface area (Å²) in [6.45, 7) is 11.8. The minimum absolute atomic E-state index is 0.0482. The first-order valence-electron chi connectivity index (χ1n) is 6.62. The quantitative estimate of drug-likeness (QED) is 0.530. The molecule has 0 spiro atoms. The van der Waals surface area contributed by atoms with E-state index in [9.17, 15) is 4.79 Å². The second kappa shape index (κ2) is 5.38. The summed E-state index contributed by atoms with van der Waals surface area (Å²) in [6.07, 6.45) is 2.70. The standard InChI is InChI=1S/C14H26O3/c1-6-14(7-2,10-13(3,4)5)12(15)17-9-11-8-16-11/h11H,6-10H2,1-5H3. The molecule has 0 saturated carbocycles. The fourth-order valence-corrected chi connectivity index (χ4v) is 2.36. The number of epoxide rings is 1. The molecule has 1 fully saturated rings. The highest BCUT2D eigenvalue weighted by Gasteiger charge is 2.40. The maximum atomic E-state index is 12.3. The van der Waals surface area contributed by atoms with E-state index in [0.717, 1.165) is 25.9 Å². The first-order chi connectivity index (χ1) is 7.83. The first kappa shape index (κ1) is 14.5. The van der Waals surface area contributed by atoms with E-state index in [1.165, 1.54) is 0 Å². The van der Waals surface area contributed by atoms with Gasteiger partial charge in [0, 0.05) is 0 Å². The Labute approximate surface area is 105 Å². The minimum atomic E-state index is -0.326. The Balaban J connectivity index is 2.63. The maximum Gasteiger partial charge on any atom is 0.312 e. The molecule has 1 aliphatic heterocycles. The zero-order valence-electron chi connectivity index (χ0n) is 11.8. The van der Waals surface area contributed by atoms with Crippen LogP contribution in [0, 0.1) is 10.8 Å².